The summed E-state index contributed by atoms with van der Waals surface area (Å²) in [5.41, 5.74) is 2.45. The van der Waals surface area contributed by atoms with Crippen LogP contribution < -0.4 is 10.5 Å². The van der Waals surface area contributed by atoms with Gasteiger partial charge in [0.05, 0.1) is 0 Å². The second-order valence-electron chi connectivity index (χ2n) is 4.02. The molecule has 1 aromatic heterocycles. The van der Waals surface area contributed by atoms with E-state index in [2.05, 4.69) is 0 Å². The SMILES string of the molecule is CCc1cc(=O)oc2cc(N(C)C)ccc12. The fourth-order valence-electron chi connectivity index (χ4n) is 1.79. The number of nitrogens with zero attached hydrogens (tertiary/aromatic N) is 1. The lowest BCUT2D eigenvalue weighted by Gasteiger charge is -2.13. The zero-order chi connectivity index (χ0) is 11.7. The molecule has 0 atom stereocenters. The van der Waals surface area contributed by atoms with Crippen LogP contribution in [0.5, 0.6) is 0 Å². The third-order valence-corrected chi connectivity index (χ3v) is 2.71. The van der Waals surface area contributed by atoms with Crippen molar-refractivity contribution in [2.24, 2.45) is 0 Å². The van der Waals surface area contributed by atoms with Crippen LogP contribution in [0.25, 0.3) is 11.0 Å². The summed E-state index contributed by atoms with van der Waals surface area (Å²) < 4.78 is 5.21. The molecule has 0 unspecified atom stereocenters. The fraction of sp³-hybridized carbons (Fsp3) is 0.308. The summed E-state index contributed by atoms with van der Waals surface area (Å²) in [5, 5.41) is 1.02. The third kappa shape index (κ3) is 1.81. The van der Waals surface area contributed by atoms with Gasteiger partial charge in [0.15, 0.2) is 0 Å². The molecule has 0 aliphatic rings. The molecule has 16 heavy (non-hydrogen) atoms. The maximum absolute atomic E-state index is 11.4. The first-order valence-corrected chi connectivity index (χ1v) is 5.36. The quantitative estimate of drug-likeness (QED) is 0.724. The summed E-state index contributed by atoms with van der Waals surface area (Å²) in [6.07, 6.45) is 0.837. The van der Waals surface area contributed by atoms with Crippen molar-refractivity contribution in [2.75, 3.05) is 19.0 Å². The molecule has 1 aromatic carbocycles. The minimum Gasteiger partial charge on any atom is -0.423 e. The van der Waals surface area contributed by atoms with Gasteiger partial charge in [-0.1, -0.05) is 6.92 Å². The van der Waals surface area contributed by atoms with Gasteiger partial charge in [-0.3, -0.25) is 0 Å². The van der Waals surface area contributed by atoms with E-state index in [1.54, 1.807) is 6.07 Å². The van der Waals surface area contributed by atoms with Crippen LogP contribution in [0, 0.1) is 0 Å². The van der Waals surface area contributed by atoms with Gasteiger partial charge in [-0.05, 0) is 24.1 Å². The molecule has 0 spiro atoms. The van der Waals surface area contributed by atoms with Gasteiger partial charge in [-0.15, -0.1) is 0 Å². The summed E-state index contributed by atoms with van der Waals surface area (Å²) >= 11 is 0. The van der Waals surface area contributed by atoms with Gasteiger partial charge in [0.1, 0.15) is 5.58 Å². The van der Waals surface area contributed by atoms with Crippen molar-refractivity contribution in [3.05, 3.63) is 40.2 Å². The summed E-state index contributed by atoms with van der Waals surface area (Å²) in [5.74, 6) is 0. The van der Waals surface area contributed by atoms with Crippen LogP contribution in [0.4, 0.5) is 5.69 Å². The van der Waals surface area contributed by atoms with E-state index in [0.717, 1.165) is 23.1 Å². The van der Waals surface area contributed by atoms with E-state index in [4.69, 9.17) is 4.42 Å². The first-order chi connectivity index (χ1) is 7.61. The van der Waals surface area contributed by atoms with E-state index < -0.39 is 0 Å². The lowest BCUT2D eigenvalue weighted by Crippen LogP contribution is -2.08. The lowest BCUT2D eigenvalue weighted by molar-refractivity contribution is 0.559. The number of rotatable bonds is 2. The Morgan fingerprint density at radius 2 is 2.00 bits per heavy atom. The number of anilines is 1. The zero-order valence-electron chi connectivity index (χ0n) is 9.78. The smallest absolute Gasteiger partial charge is 0.336 e. The van der Waals surface area contributed by atoms with Crippen LogP contribution in [-0.4, -0.2) is 14.1 Å². The van der Waals surface area contributed by atoms with E-state index in [1.165, 1.54) is 0 Å². The molecule has 0 fully saturated rings. The van der Waals surface area contributed by atoms with Crippen LogP contribution in [0.15, 0.2) is 33.5 Å². The van der Waals surface area contributed by atoms with Crippen LogP contribution in [0.1, 0.15) is 12.5 Å². The molecule has 0 bridgehead atoms. The highest BCUT2D eigenvalue weighted by atomic mass is 16.4. The Hall–Kier alpha value is -1.77. The van der Waals surface area contributed by atoms with E-state index in [-0.39, 0.29) is 5.63 Å². The van der Waals surface area contributed by atoms with Crippen molar-refractivity contribution in [1.29, 1.82) is 0 Å². The molecule has 0 amide bonds. The van der Waals surface area contributed by atoms with Crippen LogP contribution in [0.3, 0.4) is 0 Å². The second kappa shape index (κ2) is 4.00. The topological polar surface area (TPSA) is 33.5 Å². The average Bonchev–Trinajstić information content (AvgIpc) is 2.26. The number of fused-ring (bicyclic) bond motifs is 1. The highest BCUT2D eigenvalue weighted by molar-refractivity contribution is 5.83. The maximum Gasteiger partial charge on any atom is 0.336 e. The average molecular weight is 217 g/mol. The molecule has 0 N–H and O–H groups in total. The van der Waals surface area contributed by atoms with Gasteiger partial charge in [0, 0.05) is 37.3 Å². The van der Waals surface area contributed by atoms with Crippen molar-refractivity contribution in [2.45, 2.75) is 13.3 Å². The Morgan fingerprint density at radius 1 is 1.25 bits per heavy atom. The Balaban J connectivity index is 2.74. The summed E-state index contributed by atoms with van der Waals surface area (Å²) in [4.78, 5) is 13.3. The van der Waals surface area contributed by atoms with Crippen LogP contribution >= 0.6 is 0 Å². The Kier molecular flexibility index (Phi) is 2.69. The molecule has 0 radical (unpaired) electrons. The lowest BCUT2D eigenvalue weighted by atomic mass is 10.1. The summed E-state index contributed by atoms with van der Waals surface area (Å²) in [6, 6.07) is 7.50. The molecular formula is C13H15NO2. The summed E-state index contributed by atoms with van der Waals surface area (Å²) in [6.45, 7) is 2.04. The van der Waals surface area contributed by atoms with Crippen molar-refractivity contribution in [3.8, 4) is 0 Å². The zero-order valence-corrected chi connectivity index (χ0v) is 9.78. The van der Waals surface area contributed by atoms with Gasteiger partial charge in [-0.2, -0.15) is 0 Å². The molecule has 2 aromatic rings. The molecular weight excluding hydrogens is 202 g/mol. The third-order valence-electron chi connectivity index (χ3n) is 2.71. The van der Waals surface area contributed by atoms with Crippen molar-refractivity contribution in [1.82, 2.24) is 0 Å². The number of hydrogen-bond acceptors (Lipinski definition) is 3. The van der Waals surface area contributed by atoms with E-state index in [1.807, 2.05) is 44.1 Å². The van der Waals surface area contributed by atoms with E-state index >= 15 is 0 Å². The molecule has 1 heterocycles. The largest absolute Gasteiger partial charge is 0.423 e. The number of benzene rings is 1. The standard InChI is InChI=1S/C13H15NO2/c1-4-9-7-13(15)16-12-8-10(14(2)3)5-6-11(9)12/h5-8H,4H2,1-3H3. The normalized spacial score (nSPS) is 10.7. The monoisotopic (exact) mass is 217 g/mol. The Bertz CT molecular complexity index is 570. The van der Waals surface area contributed by atoms with Gasteiger partial charge < -0.3 is 9.32 Å². The number of hydrogen-bond donors (Lipinski definition) is 0. The van der Waals surface area contributed by atoms with Crippen molar-refractivity contribution < 1.29 is 4.42 Å². The minimum absolute atomic E-state index is 0.278. The van der Waals surface area contributed by atoms with Crippen LogP contribution in [0.2, 0.25) is 0 Å². The molecule has 84 valence electrons. The van der Waals surface area contributed by atoms with Crippen molar-refractivity contribution >= 4 is 16.7 Å². The van der Waals surface area contributed by atoms with Gasteiger partial charge in [0.25, 0.3) is 0 Å². The van der Waals surface area contributed by atoms with Gasteiger partial charge >= 0.3 is 5.63 Å². The van der Waals surface area contributed by atoms with E-state index in [9.17, 15) is 4.79 Å². The highest BCUT2D eigenvalue weighted by Crippen LogP contribution is 2.22. The fourth-order valence-corrected chi connectivity index (χ4v) is 1.79. The molecule has 0 aliphatic heterocycles. The van der Waals surface area contributed by atoms with Crippen LogP contribution in [-0.2, 0) is 6.42 Å². The molecule has 2 rings (SSSR count). The Labute approximate surface area is 94.3 Å². The van der Waals surface area contributed by atoms with Crippen molar-refractivity contribution in [3.63, 3.8) is 0 Å². The first kappa shape index (κ1) is 10.7. The van der Waals surface area contributed by atoms with Gasteiger partial charge in [0.2, 0.25) is 0 Å². The highest BCUT2D eigenvalue weighted by Gasteiger charge is 2.05. The summed E-state index contributed by atoms with van der Waals surface area (Å²) in [7, 11) is 3.92. The molecule has 0 aliphatic carbocycles. The van der Waals surface area contributed by atoms with E-state index in [0.29, 0.717) is 5.58 Å². The maximum atomic E-state index is 11.4. The predicted octanol–water partition coefficient (Wildman–Crippen LogP) is 2.42. The molecule has 0 saturated heterocycles. The Morgan fingerprint density at radius 3 is 2.62 bits per heavy atom. The first-order valence-electron chi connectivity index (χ1n) is 5.36. The number of aryl methyl sites for hydroxylation is 1. The minimum atomic E-state index is -0.278. The second-order valence-corrected chi connectivity index (χ2v) is 4.02. The molecule has 3 nitrogen and oxygen atoms in total. The van der Waals surface area contributed by atoms with Gasteiger partial charge in [-0.25, -0.2) is 4.79 Å². The molecule has 0 saturated carbocycles. The molecule has 3 heteroatoms. The predicted molar refractivity (Wildman–Crippen MR) is 66.2 cm³/mol.